The van der Waals surface area contributed by atoms with Crippen molar-refractivity contribution in [1.82, 2.24) is 30.6 Å². The zero-order chi connectivity index (χ0) is 39.4. The van der Waals surface area contributed by atoms with Crippen molar-refractivity contribution in [2.45, 2.75) is 89.8 Å². The van der Waals surface area contributed by atoms with Gasteiger partial charge in [0.1, 0.15) is 24.2 Å². The van der Waals surface area contributed by atoms with Crippen molar-refractivity contribution in [2.24, 2.45) is 0 Å². The third kappa shape index (κ3) is 11.5. The Morgan fingerprint density at radius 1 is 0.800 bits per heavy atom. The number of aromatic nitrogens is 4. The lowest BCUT2D eigenvalue weighted by Crippen LogP contribution is -2.54. The molecule has 12 nitrogen and oxygen atoms in total. The fraction of sp³-hybridized carbons (Fsp3) is 0.357. The number of hydrogen-bond acceptors (Lipinski definition) is 10. The van der Waals surface area contributed by atoms with Gasteiger partial charge in [-0.05, 0) is 47.2 Å². The quantitative estimate of drug-likeness (QED) is 0.0683. The Bertz CT molecular complexity index is 2000. The average Bonchev–Trinajstić information content (AvgIpc) is 3.71. The van der Waals surface area contributed by atoms with Crippen LogP contribution in [0, 0.1) is 0 Å². The highest BCUT2D eigenvalue weighted by Gasteiger charge is 2.33. The molecule has 13 heteroatoms. The number of nitrogens with zero attached hydrogens (tertiary/aromatic N) is 4. The number of benzene rings is 2. The molecule has 2 aromatic carbocycles. The van der Waals surface area contributed by atoms with Gasteiger partial charge in [0.25, 0.3) is 5.91 Å². The molecule has 2 amide bonds. The second-order valence-corrected chi connectivity index (χ2v) is 15.4. The molecule has 0 bridgehead atoms. The molecule has 0 aliphatic rings. The maximum Gasteiger partial charge on any atom is 0.329 e. The molecule has 5 aromatic rings. The molecule has 3 heterocycles. The number of unbranched alkanes of at least 4 members (excludes halogenated alkanes) is 4. The molecule has 0 radical (unpaired) electrons. The van der Waals surface area contributed by atoms with Gasteiger partial charge in [-0.2, -0.15) is 0 Å². The van der Waals surface area contributed by atoms with Crippen molar-refractivity contribution in [2.75, 3.05) is 6.61 Å². The van der Waals surface area contributed by atoms with Gasteiger partial charge < -0.3 is 25.6 Å². The van der Waals surface area contributed by atoms with E-state index < -0.39 is 36.0 Å². The van der Waals surface area contributed by atoms with E-state index in [1.165, 1.54) is 55.7 Å². The van der Waals surface area contributed by atoms with Gasteiger partial charge in [0, 0.05) is 52.8 Å². The number of hydrogen-bond donors (Lipinski definition) is 4. The van der Waals surface area contributed by atoms with Crippen LogP contribution < -0.4 is 15.4 Å². The number of nitrogens with one attached hydrogen (secondary N) is 2. The minimum atomic E-state index is -1.73. The van der Waals surface area contributed by atoms with Crippen LogP contribution in [-0.2, 0) is 21.4 Å². The Labute approximate surface area is 325 Å². The van der Waals surface area contributed by atoms with Crippen LogP contribution in [0.25, 0.3) is 22.5 Å². The second-order valence-electron chi connectivity index (χ2n) is 14.4. The van der Waals surface area contributed by atoms with Gasteiger partial charge >= 0.3 is 5.97 Å². The molecule has 3 atom stereocenters. The highest BCUT2D eigenvalue weighted by Crippen LogP contribution is 2.30. The van der Waals surface area contributed by atoms with E-state index in [1.54, 1.807) is 30.6 Å². The third-order valence-corrected chi connectivity index (χ3v) is 10.5. The number of amides is 2. The minimum Gasteiger partial charge on any atom is -0.494 e. The van der Waals surface area contributed by atoms with E-state index in [0.717, 1.165) is 33.7 Å². The maximum atomic E-state index is 13.7. The summed E-state index contributed by atoms with van der Waals surface area (Å²) in [5, 5.41) is 26.0. The Morgan fingerprint density at radius 3 is 2.07 bits per heavy atom. The Hall–Kier alpha value is -5.53. The van der Waals surface area contributed by atoms with E-state index in [4.69, 9.17) is 4.74 Å². The van der Waals surface area contributed by atoms with E-state index in [0.29, 0.717) is 22.9 Å². The summed E-state index contributed by atoms with van der Waals surface area (Å²) in [6.45, 7) is 9.04. The van der Waals surface area contributed by atoms with Crippen LogP contribution in [0.1, 0.15) is 91.6 Å². The molecule has 0 fully saturated rings. The Kier molecular flexibility index (Phi) is 14.2. The van der Waals surface area contributed by atoms with Crippen molar-refractivity contribution >= 4 is 29.1 Å². The van der Waals surface area contributed by atoms with E-state index >= 15 is 0 Å². The summed E-state index contributed by atoms with van der Waals surface area (Å²) in [6.07, 6.45) is 11.6. The lowest BCUT2D eigenvalue weighted by Gasteiger charge is -2.24. The number of thiophene rings is 1. The normalized spacial score (nSPS) is 13.0. The van der Waals surface area contributed by atoms with Crippen LogP contribution in [0.5, 0.6) is 5.75 Å². The summed E-state index contributed by atoms with van der Waals surface area (Å²) in [6, 6.07) is 15.8. The van der Waals surface area contributed by atoms with E-state index in [9.17, 15) is 24.6 Å². The van der Waals surface area contributed by atoms with Gasteiger partial charge in [0.2, 0.25) is 5.91 Å². The van der Waals surface area contributed by atoms with Crippen LogP contribution in [0.15, 0.2) is 91.8 Å². The summed E-state index contributed by atoms with van der Waals surface area (Å²) in [5.41, 5.74) is 3.20. The van der Waals surface area contributed by atoms with Crippen molar-refractivity contribution in [3.63, 3.8) is 0 Å². The number of carboxylic acids is 1. The number of aliphatic carboxylic acids is 1. The maximum absolute atomic E-state index is 13.7. The zero-order valence-corrected chi connectivity index (χ0v) is 32.4. The molecular weight excluding hydrogens is 717 g/mol. The monoisotopic (exact) mass is 764 g/mol. The molecule has 2 unspecified atom stereocenters. The molecule has 5 rings (SSSR count). The van der Waals surface area contributed by atoms with E-state index in [-0.39, 0.29) is 17.4 Å². The van der Waals surface area contributed by atoms with E-state index in [1.807, 2.05) is 63.2 Å². The van der Waals surface area contributed by atoms with Crippen LogP contribution >= 0.6 is 11.3 Å². The van der Waals surface area contributed by atoms with Crippen molar-refractivity contribution < 1.29 is 29.3 Å². The average molecular weight is 765 g/mol. The first-order valence-corrected chi connectivity index (χ1v) is 19.3. The van der Waals surface area contributed by atoms with Crippen molar-refractivity contribution in [3.05, 3.63) is 113 Å². The van der Waals surface area contributed by atoms with Crippen molar-refractivity contribution in [1.29, 1.82) is 0 Å². The number of carbonyl (C=O) groups excluding carboxylic acids is 2. The fourth-order valence-corrected chi connectivity index (χ4v) is 6.74. The molecular formula is C42H48N6O6S. The van der Waals surface area contributed by atoms with Gasteiger partial charge in [-0.15, -0.1) is 11.3 Å². The summed E-state index contributed by atoms with van der Waals surface area (Å²) in [5.74, 6) is -1.38. The van der Waals surface area contributed by atoms with Crippen LogP contribution in [0.2, 0.25) is 0 Å². The van der Waals surface area contributed by atoms with Gasteiger partial charge in [-0.1, -0.05) is 89.8 Å². The third-order valence-electron chi connectivity index (χ3n) is 9.00. The van der Waals surface area contributed by atoms with Crippen LogP contribution in [0.4, 0.5) is 0 Å². The van der Waals surface area contributed by atoms with Gasteiger partial charge in [-0.25, -0.2) is 24.7 Å². The zero-order valence-electron chi connectivity index (χ0n) is 31.6. The lowest BCUT2D eigenvalue weighted by molar-refractivity contribution is -0.145. The van der Waals surface area contributed by atoms with Gasteiger partial charge in [-0.3, -0.25) is 9.59 Å². The van der Waals surface area contributed by atoms with Crippen molar-refractivity contribution in [3.8, 4) is 28.3 Å². The largest absolute Gasteiger partial charge is 0.494 e. The summed E-state index contributed by atoms with van der Waals surface area (Å²) in [7, 11) is 0. The number of carbonyl (C=O) groups is 3. The number of aliphatic hydroxyl groups is 1. The number of ether oxygens (including phenoxy) is 1. The second kappa shape index (κ2) is 19.2. The first-order valence-electron chi connectivity index (χ1n) is 18.4. The predicted octanol–water partition coefficient (Wildman–Crippen LogP) is 6.95. The minimum absolute atomic E-state index is 0.0323. The van der Waals surface area contributed by atoms with Crippen LogP contribution in [0.3, 0.4) is 0 Å². The molecule has 3 aromatic heterocycles. The molecule has 0 spiro atoms. The van der Waals surface area contributed by atoms with Crippen LogP contribution in [-0.4, -0.2) is 66.6 Å². The van der Waals surface area contributed by atoms with Gasteiger partial charge in [0.05, 0.1) is 11.5 Å². The number of aliphatic hydroxyl groups excluding tert-OH is 1. The SMILES string of the molecule is CCCCCCCOc1ccc(-c2cnc(-c3ccc(C[C@H](NC(=O)c4ccc(C(C)(C)C)s4)C(=O)NC(C(=O)O)C(O)c4cncnc4)cc3)nc2)cc1. The fourth-order valence-electron chi connectivity index (χ4n) is 5.78. The lowest BCUT2D eigenvalue weighted by atomic mass is 9.95. The molecule has 0 saturated heterocycles. The molecule has 0 aliphatic heterocycles. The molecule has 55 heavy (non-hydrogen) atoms. The van der Waals surface area contributed by atoms with Gasteiger partial charge in [0.15, 0.2) is 11.9 Å². The summed E-state index contributed by atoms with van der Waals surface area (Å²) in [4.78, 5) is 57.6. The summed E-state index contributed by atoms with van der Waals surface area (Å²) >= 11 is 1.32. The number of rotatable bonds is 18. The Balaban J connectivity index is 1.27. The predicted molar refractivity (Wildman–Crippen MR) is 212 cm³/mol. The standard InChI is InChI=1S/C42H48N6O6S/c1-5-6-7-8-9-20-54-32-16-14-28(15-17-32)30-24-45-38(46-25-30)29-12-10-27(11-13-29)21-33(47-40(51)34-18-19-35(55-34)42(2,3)4)39(50)48-36(41(52)53)37(49)31-22-43-26-44-23-31/h10-19,22-26,33,36-37,49H,5-9,20-21H2,1-4H3,(H,47,51)(H,48,50)(H,52,53)/t33-,36?,37?/m0/s1. The molecule has 0 aliphatic carbocycles. The molecule has 0 saturated carbocycles. The first kappa shape index (κ1) is 40.7. The molecule has 288 valence electrons. The first-order chi connectivity index (χ1) is 26.4. The highest BCUT2D eigenvalue weighted by atomic mass is 32.1. The topological polar surface area (TPSA) is 177 Å². The Morgan fingerprint density at radius 2 is 1.45 bits per heavy atom. The summed E-state index contributed by atoms with van der Waals surface area (Å²) < 4.78 is 5.89. The van der Waals surface area contributed by atoms with E-state index in [2.05, 4.69) is 37.5 Å². The molecule has 4 N–H and O–H groups in total. The highest BCUT2D eigenvalue weighted by molar-refractivity contribution is 7.14. The number of carboxylic acid groups (broad SMARTS) is 1. The smallest absolute Gasteiger partial charge is 0.329 e.